The quantitative estimate of drug-likeness (QED) is 0.828. The minimum Gasteiger partial charge on any atom is -0.465 e. The first-order valence-electron chi connectivity index (χ1n) is 6.67. The van der Waals surface area contributed by atoms with Gasteiger partial charge in [-0.25, -0.2) is 4.79 Å². The minimum absolute atomic E-state index is 0.115. The van der Waals surface area contributed by atoms with Gasteiger partial charge in [-0.2, -0.15) is 0 Å². The van der Waals surface area contributed by atoms with Gasteiger partial charge in [0.2, 0.25) is 0 Å². The number of hydrogen-bond donors (Lipinski definition) is 2. The zero-order valence-corrected chi connectivity index (χ0v) is 12.4. The monoisotopic (exact) mass is 289 g/mol. The Bertz CT molecular complexity index is 646. The number of nitrogens with one attached hydrogen (secondary N) is 1. The number of aryl methyl sites for hydroxylation is 1. The minimum atomic E-state index is -0.347. The van der Waals surface area contributed by atoms with E-state index in [9.17, 15) is 4.79 Å². The predicted octanol–water partition coefficient (Wildman–Crippen LogP) is 2.79. The van der Waals surface area contributed by atoms with E-state index in [-0.39, 0.29) is 12.6 Å². The first-order chi connectivity index (χ1) is 10.0. The molecule has 5 heteroatoms. The summed E-state index contributed by atoms with van der Waals surface area (Å²) in [6.45, 7) is 4.20. The first-order valence-corrected chi connectivity index (χ1v) is 6.67. The van der Waals surface area contributed by atoms with Gasteiger partial charge in [-0.3, -0.25) is 0 Å². The van der Waals surface area contributed by atoms with Crippen LogP contribution in [0.25, 0.3) is 0 Å². The van der Waals surface area contributed by atoms with Crippen molar-refractivity contribution in [2.45, 2.75) is 27.0 Å². The van der Waals surface area contributed by atoms with E-state index in [4.69, 9.17) is 14.3 Å². The molecule has 2 aromatic rings. The van der Waals surface area contributed by atoms with Crippen molar-refractivity contribution in [3.05, 3.63) is 52.5 Å². The molecule has 0 aliphatic carbocycles. The van der Waals surface area contributed by atoms with Gasteiger partial charge in [0.1, 0.15) is 18.1 Å². The smallest absolute Gasteiger partial charge is 0.338 e. The molecule has 1 aromatic carbocycles. The Morgan fingerprint density at radius 1 is 1.29 bits per heavy atom. The number of furan rings is 1. The van der Waals surface area contributed by atoms with Gasteiger partial charge >= 0.3 is 5.97 Å². The van der Waals surface area contributed by atoms with Crippen LogP contribution in [0, 0.1) is 13.8 Å². The molecule has 21 heavy (non-hydrogen) atoms. The highest BCUT2D eigenvalue weighted by Gasteiger charge is 2.12. The fraction of sp³-hybridized carbons (Fsp3) is 0.312. The summed E-state index contributed by atoms with van der Waals surface area (Å²) in [5.74, 6) is 0.902. The Morgan fingerprint density at radius 2 is 2.00 bits per heavy atom. The largest absolute Gasteiger partial charge is 0.465 e. The normalized spacial score (nSPS) is 10.5. The zero-order chi connectivity index (χ0) is 15.4. The van der Waals surface area contributed by atoms with E-state index in [0.29, 0.717) is 17.9 Å². The summed E-state index contributed by atoms with van der Waals surface area (Å²) in [5, 5.41) is 12.2. The van der Waals surface area contributed by atoms with E-state index >= 15 is 0 Å². The molecule has 0 aliphatic rings. The number of aliphatic hydroxyl groups is 1. The maximum absolute atomic E-state index is 11.8. The van der Waals surface area contributed by atoms with Gasteiger partial charge in [-0.1, -0.05) is 0 Å². The van der Waals surface area contributed by atoms with Crippen molar-refractivity contribution in [3.8, 4) is 0 Å². The molecule has 0 radical (unpaired) electrons. The number of carbonyl (C=O) groups is 1. The van der Waals surface area contributed by atoms with Crippen molar-refractivity contribution in [2.24, 2.45) is 0 Å². The lowest BCUT2D eigenvalue weighted by atomic mass is 10.0. The molecule has 2 N–H and O–H groups in total. The van der Waals surface area contributed by atoms with Gasteiger partial charge in [0, 0.05) is 5.69 Å². The van der Waals surface area contributed by atoms with Crippen molar-refractivity contribution in [1.82, 2.24) is 0 Å². The molecular weight excluding hydrogens is 270 g/mol. The van der Waals surface area contributed by atoms with E-state index in [1.807, 2.05) is 19.9 Å². The molecule has 0 unspecified atom stereocenters. The summed E-state index contributed by atoms with van der Waals surface area (Å²) in [6.07, 6.45) is 0. The van der Waals surface area contributed by atoms with Crippen LogP contribution in [0.15, 0.2) is 28.7 Å². The fourth-order valence-corrected chi connectivity index (χ4v) is 2.07. The third-order valence-corrected chi connectivity index (χ3v) is 3.41. The zero-order valence-electron chi connectivity index (χ0n) is 12.4. The Morgan fingerprint density at radius 3 is 2.62 bits per heavy atom. The molecule has 5 nitrogen and oxygen atoms in total. The Hall–Kier alpha value is -2.27. The van der Waals surface area contributed by atoms with Crippen LogP contribution >= 0.6 is 0 Å². The predicted molar refractivity (Wildman–Crippen MR) is 79.2 cm³/mol. The molecule has 0 bridgehead atoms. The number of rotatable bonds is 5. The van der Waals surface area contributed by atoms with Crippen molar-refractivity contribution >= 4 is 11.7 Å². The second-order valence-corrected chi connectivity index (χ2v) is 4.84. The summed E-state index contributed by atoms with van der Waals surface area (Å²) in [6, 6.07) is 7.28. The second-order valence-electron chi connectivity index (χ2n) is 4.84. The topological polar surface area (TPSA) is 71.7 Å². The molecule has 1 aromatic heterocycles. The molecule has 0 amide bonds. The summed E-state index contributed by atoms with van der Waals surface area (Å²) in [5.41, 5.74) is 3.29. The van der Waals surface area contributed by atoms with Crippen molar-refractivity contribution in [3.63, 3.8) is 0 Å². The third kappa shape index (κ3) is 3.44. The van der Waals surface area contributed by atoms with E-state index in [1.54, 1.807) is 18.2 Å². The lowest BCUT2D eigenvalue weighted by Crippen LogP contribution is -2.07. The van der Waals surface area contributed by atoms with Crippen molar-refractivity contribution in [1.29, 1.82) is 0 Å². The molecule has 0 fully saturated rings. The van der Waals surface area contributed by atoms with Crippen LogP contribution in [0.4, 0.5) is 5.69 Å². The Labute approximate surface area is 123 Å². The highest BCUT2D eigenvalue weighted by Crippen LogP contribution is 2.21. The van der Waals surface area contributed by atoms with Crippen LogP contribution < -0.4 is 5.32 Å². The highest BCUT2D eigenvalue weighted by atomic mass is 16.5. The van der Waals surface area contributed by atoms with Gasteiger partial charge in [0.25, 0.3) is 0 Å². The number of methoxy groups -OCH3 is 1. The van der Waals surface area contributed by atoms with Gasteiger partial charge in [-0.15, -0.1) is 0 Å². The molecule has 1 heterocycles. The Balaban J connectivity index is 2.16. The van der Waals surface area contributed by atoms with E-state index in [2.05, 4.69) is 5.32 Å². The molecule has 2 rings (SSSR count). The third-order valence-electron chi connectivity index (χ3n) is 3.41. The average Bonchev–Trinajstić information content (AvgIpc) is 2.95. The van der Waals surface area contributed by atoms with Crippen LogP contribution in [0.3, 0.4) is 0 Å². The number of carbonyl (C=O) groups excluding carboxylic acids is 1. The lowest BCUT2D eigenvalue weighted by molar-refractivity contribution is 0.0600. The Kier molecular flexibility index (Phi) is 4.65. The molecule has 0 aliphatic heterocycles. The van der Waals surface area contributed by atoms with E-state index < -0.39 is 0 Å². The standard InChI is InChI=1S/C16H19NO4/c1-10-6-12(7-15(11(10)2)16(19)20-3)17-8-13-4-5-14(9-18)21-13/h4-7,17-18H,8-9H2,1-3H3. The lowest BCUT2D eigenvalue weighted by Gasteiger charge is -2.12. The number of benzene rings is 1. The van der Waals surface area contributed by atoms with E-state index in [0.717, 1.165) is 22.6 Å². The van der Waals surface area contributed by atoms with Gasteiger partial charge in [-0.05, 0) is 49.2 Å². The maximum atomic E-state index is 11.8. The van der Waals surface area contributed by atoms with E-state index in [1.165, 1.54) is 7.11 Å². The SMILES string of the molecule is COC(=O)c1cc(NCc2ccc(CO)o2)cc(C)c1C. The van der Waals surface area contributed by atoms with Gasteiger partial charge in [0.05, 0.1) is 19.2 Å². The molecule has 0 saturated carbocycles. The summed E-state index contributed by atoms with van der Waals surface area (Å²) in [4.78, 5) is 11.8. The molecule has 0 spiro atoms. The molecular formula is C16H19NO4. The maximum Gasteiger partial charge on any atom is 0.338 e. The number of hydrogen-bond acceptors (Lipinski definition) is 5. The number of esters is 1. The fourth-order valence-electron chi connectivity index (χ4n) is 2.07. The number of anilines is 1. The van der Waals surface area contributed by atoms with Crippen LogP contribution in [0.2, 0.25) is 0 Å². The molecule has 0 saturated heterocycles. The highest BCUT2D eigenvalue weighted by molar-refractivity contribution is 5.92. The van der Waals surface area contributed by atoms with Crippen molar-refractivity contribution < 1.29 is 19.1 Å². The molecule has 0 atom stereocenters. The summed E-state index contributed by atoms with van der Waals surface area (Å²) in [7, 11) is 1.37. The van der Waals surface area contributed by atoms with Gasteiger partial charge < -0.3 is 19.6 Å². The average molecular weight is 289 g/mol. The van der Waals surface area contributed by atoms with Crippen LogP contribution in [-0.2, 0) is 17.9 Å². The van der Waals surface area contributed by atoms with Gasteiger partial charge in [0.15, 0.2) is 0 Å². The second kappa shape index (κ2) is 6.45. The summed E-state index contributed by atoms with van der Waals surface area (Å²) >= 11 is 0. The number of aliphatic hydroxyl groups excluding tert-OH is 1. The summed E-state index contributed by atoms with van der Waals surface area (Å²) < 4.78 is 10.2. The first kappa shape index (κ1) is 15.1. The van der Waals surface area contributed by atoms with Crippen LogP contribution in [0.5, 0.6) is 0 Å². The van der Waals surface area contributed by atoms with Crippen molar-refractivity contribution in [2.75, 3.05) is 12.4 Å². The number of ether oxygens (including phenoxy) is 1. The van der Waals surface area contributed by atoms with Crippen LogP contribution in [-0.4, -0.2) is 18.2 Å². The van der Waals surface area contributed by atoms with Crippen LogP contribution in [0.1, 0.15) is 33.0 Å². The molecule has 112 valence electrons.